The first kappa shape index (κ1) is 18.2. The molecule has 0 radical (unpaired) electrons. The molecule has 5 nitrogen and oxygen atoms in total. The number of piperidine rings is 1. The Bertz CT molecular complexity index is 302. The van der Waals surface area contributed by atoms with E-state index >= 15 is 0 Å². The maximum Gasteiger partial charge on any atom is 0.317 e. The monoisotopic (exact) mass is 299 g/mol. The summed E-state index contributed by atoms with van der Waals surface area (Å²) in [5, 5.41) is 12.1. The Balaban J connectivity index is 2.44. The number of carbonyl (C=O) groups excluding carboxylic acids is 1. The Morgan fingerprint density at radius 2 is 1.90 bits per heavy atom. The van der Waals surface area contributed by atoms with Gasteiger partial charge >= 0.3 is 6.03 Å². The summed E-state index contributed by atoms with van der Waals surface area (Å²) in [5.41, 5.74) is -0.00821. The second-order valence-corrected chi connectivity index (χ2v) is 6.58. The second-order valence-electron chi connectivity index (χ2n) is 6.58. The quantitative estimate of drug-likeness (QED) is 0.721. The molecule has 1 heterocycles. The molecule has 1 aliphatic heterocycles. The number of aliphatic hydroxyl groups is 1. The molecule has 0 aliphatic carbocycles. The third-order valence-corrected chi connectivity index (χ3v) is 4.32. The van der Waals surface area contributed by atoms with Crippen LogP contribution in [0.15, 0.2) is 0 Å². The molecular weight excluding hydrogens is 266 g/mol. The molecule has 1 rings (SSSR count). The zero-order chi connectivity index (χ0) is 15.7. The molecule has 0 saturated carbocycles. The van der Waals surface area contributed by atoms with Crippen LogP contribution in [0.2, 0.25) is 0 Å². The third-order valence-electron chi connectivity index (χ3n) is 4.32. The van der Waals surface area contributed by atoms with Gasteiger partial charge in [0, 0.05) is 25.2 Å². The topological polar surface area (TPSA) is 55.8 Å². The van der Waals surface area contributed by atoms with Crippen molar-refractivity contribution in [2.24, 2.45) is 0 Å². The number of aliphatic hydroxyl groups excluding tert-OH is 1. The number of unbranched alkanes of at least 4 members (excludes halogenated alkanes) is 1. The molecule has 1 fully saturated rings. The lowest BCUT2D eigenvalue weighted by atomic mass is 9.98. The lowest BCUT2D eigenvalue weighted by Crippen LogP contribution is -2.55. The predicted octanol–water partition coefficient (Wildman–Crippen LogP) is 2.05. The summed E-state index contributed by atoms with van der Waals surface area (Å²) < 4.78 is 0. The standard InChI is InChI=1S/C16H33N3O2/c1-4-5-9-18(12-13-20)15(21)17-14-16(2,3)19-10-7-6-8-11-19/h20H,4-14H2,1-3H3,(H,17,21). The average molecular weight is 299 g/mol. The van der Waals surface area contributed by atoms with E-state index in [0.717, 1.165) is 25.9 Å². The van der Waals surface area contributed by atoms with Gasteiger partial charge in [-0.05, 0) is 46.2 Å². The van der Waals surface area contributed by atoms with Gasteiger partial charge in [0.2, 0.25) is 0 Å². The van der Waals surface area contributed by atoms with Gasteiger partial charge in [-0.25, -0.2) is 4.79 Å². The minimum absolute atomic E-state index is 0.00821. The van der Waals surface area contributed by atoms with Crippen molar-refractivity contribution in [3.8, 4) is 0 Å². The largest absolute Gasteiger partial charge is 0.395 e. The molecule has 0 aromatic carbocycles. The van der Waals surface area contributed by atoms with Gasteiger partial charge in [0.15, 0.2) is 0 Å². The highest BCUT2D eigenvalue weighted by molar-refractivity contribution is 5.74. The number of carbonyl (C=O) groups is 1. The van der Waals surface area contributed by atoms with Crippen LogP contribution >= 0.6 is 0 Å². The average Bonchev–Trinajstić information content (AvgIpc) is 2.50. The van der Waals surface area contributed by atoms with Crippen molar-refractivity contribution in [2.75, 3.05) is 39.3 Å². The minimum Gasteiger partial charge on any atom is -0.395 e. The molecule has 0 spiro atoms. The van der Waals surface area contributed by atoms with Gasteiger partial charge in [0.25, 0.3) is 0 Å². The Morgan fingerprint density at radius 1 is 1.24 bits per heavy atom. The van der Waals surface area contributed by atoms with Gasteiger partial charge in [-0.15, -0.1) is 0 Å². The van der Waals surface area contributed by atoms with Gasteiger partial charge in [-0.2, -0.15) is 0 Å². The highest BCUT2D eigenvalue weighted by Gasteiger charge is 2.28. The highest BCUT2D eigenvalue weighted by atomic mass is 16.3. The fraction of sp³-hybridized carbons (Fsp3) is 0.938. The zero-order valence-corrected chi connectivity index (χ0v) is 14.0. The summed E-state index contributed by atoms with van der Waals surface area (Å²) in [5.74, 6) is 0. The first-order valence-electron chi connectivity index (χ1n) is 8.40. The van der Waals surface area contributed by atoms with E-state index in [9.17, 15) is 4.79 Å². The molecule has 0 aromatic rings. The van der Waals surface area contributed by atoms with Gasteiger partial charge in [-0.1, -0.05) is 19.8 Å². The second kappa shape index (κ2) is 9.26. The van der Waals surface area contributed by atoms with Crippen LogP contribution in [0.1, 0.15) is 52.9 Å². The number of rotatable bonds is 8. The molecule has 124 valence electrons. The number of amides is 2. The number of urea groups is 1. The summed E-state index contributed by atoms with van der Waals surface area (Å²) in [4.78, 5) is 16.4. The normalized spacial score (nSPS) is 16.8. The third kappa shape index (κ3) is 6.22. The van der Waals surface area contributed by atoms with Crippen LogP contribution in [0, 0.1) is 0 Å². The Hall–Kier alpha value is -0.810. The smallest absolute Gasteiger partial charge is 0.317 e. The van der Waals surface area contributed by atoms with Crippen molar-refractivity contribution in [3.05, 3.63) is 0 Å². The molecule has 0 bridgehead atoms. The van der Waals surface area contributed by atoms with Crippen molar-refractivity contribution < 1.29 is 9.90 Å². The van der Waals surface area contributed by atoms with E-state index in [1.54, 1.807) is 4.90 Å². The van der Waals surface area contributed by atoms with E-state index < -0.39 is 0 Å². The van der Waals surface area contributed by atoms with Crippen molar-refractivity contribution in [1.29, 1.82) is 0 Å². The molecule has 0 unspecified atom stereocenters. The van der Waals surface area contributed by atoms with Crippen LogP contribution in [0.25, 0.3) is 0 Å². The highest BCUT2D eigenvalue weighted by Crippen LogP contribution is 2.19. The Morgan fingerprint density at radius 3 is 2.48 bits per heavy atom. The lowest BCUT2D eigenvalue weighted by Gasteiger charge is -2.41. The van der Waals surface area contributed by atoms with E-state index in [2.05, 4.69) is 31.0 Å². The predicted molar refractivity (Wildman–Crippen MR) is 86.5 cm³/mol. The number of likely N-dealkylation sites (tertiary alicyclic amines) is 1. The molecule has 1 aliphatic rings. The maximum absolute atomic E-state index is 12.3. The van der Waals surface area contributed by atoms with Crippen molar-refractivity contribution in [3.63, 3.8) is 0 Å². The maximum atomic E-state index is 12.3. The van der Waals surface area contributed by atoms with Crippen LogP contribution in [-0.2, 0) is 0 Å². The number of hydrogen-bond donors (Lipinski definition) is 2. The first-order chi connectivity index (χ1) is 10.0. The molecule has 2 N–H and O–H groups in total. The molecule has 0 aromatic heterocycles. The van der Waals surface area contributed by atoms with Crippen molar-refractivity contribution >= 4 is 6.03 Å². The summed E-state index contributed by atoms with van der Waals surface area (Å²) in [6.45, 7) is 10.5. The van der Waals surface area contributed by atoms with E-state index in [1.807, 2.05) is 0 Å². The van der Waals surface area contributed by atoms with Crippen LogP contribution in [-0.4, -0.2) is 65.8 Å². The van der Waals surface area contributed by atoms with Gasteiger partial charge < -0.3 is 15.3 Å². The van der Waals surface area contributed by atoms with Crippen molar-refractivity contribution in [1.82, 2.24) is 15.1 Å². The summed E-state index contributed by atoms with van der Waals surface area (Å²) in [7, 11) is 0. The molecule has 5 heteroatoms. The molecule has 2 amide bonds. The fourth-order valence-electron chi connectivity index (χ4n) is 2.80. The summed E-state index contributed by atoms with van der Waals surface area (Å²) in [6, 6.07) is -0.0532. The molecule has 21 heavy (non-hydrogen) atoms. The number of hydrogen-bond acceptors (Lipinski definition) is 3. The van der Waals surface area contributed by atoms with Gasteiger partial charge in [0.05, 0.1) is 6.61 Å². The minimum atomic E-state index is -0.0532. The van der Waals surface area contributed by atoms with Crippen LogP contribution in [0.3, 0.4) is 0 Å². The summed E-state index contributed by atoms with van der Waals surface area (Å²) >= 11 is 0. The van der Waals surface area contributed by atoms with Gasteiger partial charge in [-0.3, -0.25) is 4.90 Å². The van der Waals surface area contributed by atoms with E-state index in [-0.39, 0.29) is 18.2 Å². The van der Waals surface area contributed by atoms with Gasteiger partial charge in [0.1, 0.15) is 0 Å². The van der Waals surface area contributed by atoms with E-state index in [4.69, 9.17) is 5.11 Å². The molecular formula is C16H33N3O2. The number of nitrogens with zero attached hydrogens (tertiary/aromatic N) is 2. The van der Waals surface area contributed by atoms with E-state index in [1.165, 1.54) is 19.3 Å². The summed E-state index contributed by atoms with van der Waals surface area (Å²) in [6.07, 6.45) is 5.85. The Kier molecular flexibility index (Phi) is 8.04. The fourth-order valence-corrected chi connectivity index (χ4v) is 2.80. The number of nitrogens with one attached hydrogen (secondary N) is 1. The van der Waals surface area contributed by atoms with Crippen molar-refractivity contribution in [2.45, 2.75) is 58.4 Å². The molecule has 1 saturated heterocycles. The zero-order valence-electron chi connectivity index (χ0n) is 14.0. The van der Waals surface area contributed by atoms with Crippen LogP contribution in [0.5, 0.6) is 0 Å². The lowest BCUT2D eigenvalue weighted by molar-refractivity contribution is 0.0932. The van der Waals surface area contributed by atoms with Crippen LogP contribution < -0.4 is 5.32 Å². The molecule has 0 atom stereocenters. The Labute approximate surface area is 129 Å². The van der Waals surface area contributed by atoms with E-state index in [0.29, 0.717) is 19.6 Å². The first-order valence-corrected chi connectivity index (χ1v) is 8.40. The van der Waals surface area contributed by atoms with Crippen LogP contribution in [0.4, 0.5) is 4.79 Å². The SMILES string of the molecule is CCCCN(CCO)C(=O)NCC(C)(C)N1CCCCC1.